The first-order valence-electron chi connectivity index (χ1n) is 5.36. The number of hydrogen-bond acceptors (Lipinski definition) is 2. The maximum absolute atomic E-state index is 13.6. The molecule has 0 saturated carbocycles. The van der Waals surface area contributed by atoms with Crippen molar-refractivity contribution in [1.29, 1.82) is 0 Å². The zero-order valence-electron chi connectivity index (χ0n) is 9.88. The molecule has 2 aromatic rings. The number of nitrogens with one attached hydrogen (secondary N) is 1. The van der Waals surface area contributed by atoms with Gasteiger partial charge in [-0.25, -0.2) is 18.2 Å². The van der Waals surface area contributed by atoms with Crippen LogP contribution in [0.3, 0.4) is 0 Å². The lowest BCUT2D eigenvalue weighted by Crippen LogP contribution is -2.08. The quantitative estimate of drug-likeness (QED) is 0.907. The van der Waals surface area contributed by atoms with Crippen LogP contribution in [0.4, 0.5) is 19.0 Å². The molecule has 6 heteroatoms. The monoisotopic (exact) mass is 266 g/mol. The van der Waals surface area contributed by atoms with Crippen LogP contribution in [-0.4, -0.2) is 10.9 Å². The Morgan fingerprint density at radius 1 is 1.11 bits per heavy atom. The van der Waals surface area contributed by atoms with Crippen LogP contribution in [0.5, 0.6) is 0 Å². The highest BCUT2D eigenvalue weighted by Gasteiger charge is 2.13. The lowest BCUT2D eigenvalue weighted by atomic mass is 10.1. The minimum absolute atomic E-state index is 0.0904. The lowest BCUT2D eigenvalue weighted by molar-refractivity contribution is -0.114. The van der Waals surface area contributed by atoms with Gasteiger partial charge in [0.15, 0.2) is 0 Å². The predicted molar refractivity (Wildman–Crippen MR) is 63.9 cm³/mol. The number of carbonyl (C=O) groups excluding carboxylic acids is 1. The Morgan fingerprint density at radius 2 is 1.84 bits per heavy atom. The molecule has 0 spiro atoms. The molecule has 1 aromatic heterocycles. The third kappa shape index (κ3) is 2.90. The molecule has 0 fully saturated rings. The zero-order chi connectivity index (χ0) is 14.0. The van der Waals surface area contributed by atoms with Crippen molar-refractivity contribution in [3.63, 3.8) is 0 Å². The molecule has 1 aromatic carbocycles. The molecule has 1 N–H and O–H groups in total. The summed E-state index contributed by atoms with van der Waals surface area (Å²) < 4.78 is 40.0. The summed E-state index contributed by atoms with van der Waals surface area (Å²) in [4.78, 5) is 14.5. The summed E-state index contributed by atoms with van der Waals surface area (Å²) in [6.07, 6.45) is 0.864. The van der Waals surface area contributed by atoms with E-state index in [4.69, 9.17) is 0 Å². The van der Waals surface area contributed by atoms with Gasteiger partial charge in [0.1, 0.15) is 23.3 Å². The van der Waals surface area contributed by atoms with Crippen molar-refractivity contribution in [3.05, 3.63) is 47.9 Å². The average Bonchev–Trinajstić information content (AvgIpc) is 2.31. The van der Waals surface area contributed by atoms with Gasteiger partial charge in [-0.3, -0.25) is 4.79 Å². The second-order valence-electron chi connectivity index (χ2n) is 3.85. The average molecular weight is 266 g/mol. The Hall–Kier alpha value is -2.37. The molecular weight excluding hydrogens is 257 g/mol. The van der Waals surface area contributed by atoms with E-state index in [1.54, 1.807) is 0 Å². The minimum atomic E-state index is -0.890. The fourth-order valence-electron chi connectivity index (χ4n) is 1.60. The van der Waals surface area contributed by atoms with E-state index in [1.165, 1.54) is 13.0 Å². The van der Waals surface area contributed by atoms with Crippen LogP contribution < -0.4 is 5.32 Å². The molecule has 0 radical (unpaired) electrons. The molecule has 1 heterocycles. The standard InChI is InChI=1S/C13H9F3N2O/c1-7(19)18-13-5-10(12(16)6-17-13)9-3-2-8(14)4-11(9)15/h2-6H,1H3,(H,17,18,19). The molecule has 0 bridgehead atoms. The van der Waals surface area contributed by atoms with Crippen LogP contribution in [0.25, 0.3) is 11.1 Å². The van der Waals surface area contributed by atoms with Gasteiger partial charge in [0, 0.05) is 24.1 Å². The van der Waals surface area contributed by atoms with Crippen LogP contribution in [0.1, 0.15) is 6.92 Å². The lowest BCUT2D eigenvalue weighted by Gasteiger charge is -2.07. The molecular formula is C13H9F3N2O. The molecule has 0 aliphatic heterocycles. The maximum Gasteiger partial charge on any atom is 0.222 e. The Morgan fingerprint density at radius 3 is 2.47 bits per heavy atom. The molecule has 0 aliphatic carbocycles. The summed E-state index contributed by atoms with van der Waals surface area (Å²) in [6.45, 7) is 1.27. The van der Waals surface area contributed by atoms with Gasteiger partial charge < -0.3 is 5.32 Å². The number of anilines is 1. The Labute approximate surface area is 107 Å². The number of hydrogen-bond donors (Lipinski definition) is 1. The van der Waals surface area contributed by atoms with Crippen LogP contribution in [0.2, 0.25) is 0 Å². The van der Waals surface area contributed by atoms with Gasteiger partial charge in [-0.15, -0.1) is 0 Å². The fraction of sp³-hybridized carbons (Fsp3) is 0.0769. The van der Waals surface area contributed by atoms with Gasteiger partial charge in [0.25, 0.3) is 0 Å². The van der Waals surface area contributed by atoms with Crippen LogP contribution in [0.15, 0.2) is 30.5 Å². The topological polar surface area (TPSA) is 42.0 Å². The van der Waals surface area contributed by atoms with Crippen LogP contribution in [0, 0.1) is 17.5 Å². The van der Waals surface area contributed by atoms with E-state index in [1.807, 2.05) is 0 Å². The second-order valence-corrected chi connectivity index (χ2v) is 3.85. The molecule has 0 atom stereocenters. The van der Waals surface area contributed by atoms with E-state index in [0.717, 1.165) is 18.3 Å². The summed E-state index contributed by atoms with van der Waals surface area (Å²) in [5.41, 5.74) is -0.204. The van der Waals surface area contributed by atoms with Gasteiger partial charge in [0.2, 0.25) is 5.91 Å². The van der Waals surface area contributed by atoms with Crippen LogP contribution in [-0.2, 0) is 4.79 Å². The number of carbonyl (C=O) groups is 1. The van der Waals surface area contributed by atoms with Gasteiger partial charge in [-0.1, -0.05) is 0 Å². The first-order valence-corrected chi connectivity index (χ1v) is 5.36. The summed E-state index contributed by atoms with van der Waals surface area (Å²) in [7, 11) is 0. The number of amides is 1. The summed E-state index contributed by atoms with van der Waals surface area (Å²) in [6, 6.07) is 4.00. The highest BCUT2D eigenvalue weighted by atomic mass is 19.1. The zero-order valence-corrected chi connectivity index (χ0v) is 9.88. The van der Waals surface area contributed by atoms with Gasteiger partial charge in [-0.05, 0) is 18.2 Å². The Balaban J connectivity index is 2.51. The van der Waals surface area contributed by atoms with Gasteiger partial charge in [-0.2, -0.15) is 0 Å². The van der Waals surface area contributed by atoms with E-state index in [0.29, 0.717) is 6.07 Å². The van der Waals surface area contributed by atoms with Crippen molar-refractivity contribution in [2.24, 2.45) is 0 Å². The first-order chi connectivity index (χ1) is 8.97. The van der Waals surface area contributed by atoms with E-state index in [-0.39, 0.29) is 22.9 Å². The highest BCUT2D eigenvalue weighted by Crippen LogP contribution is 2.27. The van der Waals surface area contributed by atoms with Crippen molar-refractivity contribution in [1.82, 2.24) is 4.98 Å². The molecule has 0 saturated heterocycles. The fourth-order valence-corrected chi connectivity index (χ4v) is 1.60. The third-order valence-electron chi connectivity index (χ3n) is 2.38. The Kier molecular flexibility index (Phi) is 3.50. The van der Waals surface area contributed by atoms with Crippen molar-refractivity contribution < 1.29 is 18.0 Å². The van der Waals surface area contributed by atoms with Crippen molar-refractivity contribution in [2.75, 3.05) is 5.32 Å². The summed E-state index contributed by atoms with van der Waals surface area (Å²) >= 11 is 0. The largest absolute Gasteiger partial charge is 0.311 e. The number of pyridine rings is 1. The smallest absolute Gasteiger partial charge is 0.222 e. The number of benzene rings is 1. The second kappa shape index (κ2) is 5.09. The van der Waals surface area contributed by atoms with Crippen molar-refractivity contribution in [3.8, 4) is 11.1 Å². The number of halogens is 3. The maximum atomic E-state index is 13.6. The van der Waals surface area contributed by atoms with Gasteiger partial charge in [0.05, 0.1) is 6.20 Å². The van der Waals surface area contributed by atoms with Gasteiger partial charge >= 0.3 is 0 Å². The molecule has 98 valence electrons. The van der Waals surface area contributed by atoms with E-state index in [2.05, 4.69) is 10.3 Å². The Bertz CT molecular complexity index is 644. The molecule has 2 rings (SSSR count). The van der Waals surface area contributed by atoms with Crippen molar-refractivity contribution in [2.45, 2.75) is 6.92 Å². The summed E-state index contributed by atoms with van der Waals surface area (Å²) in [5.74, 6) is -2.70. The highest BCUT2D eigenvalue weighted by molar-refractivity contribution is 5.88. The van der Waals surface area contributed by atoms with Crippen molar-refractivity contribution >= 4 is 11.7 Å². The number of nitrogens with zero attached hydrogens (tertiary/aromatic N) is 1. The minimum Gasteiger partial charge on any atom is -0.311 e. The molecule has 0 aliphatic rings. The third-order valence-corrected chi connectivity index (χ3v) is 2.38. The van der Waals surface area contributed by atoms with E-state index in [9.17, 15) is 18.0 Å². The van der Waals surface area contributed by atoms with Crippen LogP contribution >= 0.6 is 0 Å². The molecule has 3 nitrogen and oxygen atoms in total. The SMILES string of the molecule is CC(=O)Nc1cc(-c2ccc(F)cc2F)c(F)cn1. The molecule has 19 heavy (non-hydrogen) atoms. The van der Waals surface area contributed by atoms with E-state index < -0.39 is 17.5 Å². The first kappa shape index (κ1) is 13.1. The van der Waals surface area contributed by atoms with E-state index >= 15 is 0 Å². The molecule has 1 amide bonds. The molecule has 0 unspecified atom stereocenters. The number of aromatic nitrogens is 1. The predicted octanol–water partition coefficient (Wildman–Crippen LogP) is 3.12. The summed E-state index contributed by atoms with van der Waals surface area (Å²) in [5, 5.41) is 2.36. The number of rotatable bonds is 2. The normalized spacial score (nSPS) is 10.3.